The maximum Gasteiger partial charge on any atom is 0.113 e. The van der Waals surface area contributed by atoms with Gasteiger partial charge in [-0.15, -0.1) is 11.3 Å². The van der Waals surface area contributed by atoms with Gasteiger partial charge in [0.15, 0.2) is 0 Å². The molecule has 0 spiro atoms. The van der Waals surface area contributed by atoms with Crippen molar-refractivity contribution in [3.05, 3.63) is 46.5 Å². The van der Waals surface area contributed by atoms with Gasteiger partial charge in [0, 0.05) is 36.8 Å². The standard InChI is InChI=1S/C17H24N4S/c1-14(2)5-8-20-7-3-4-15(10-20)17-18-6-9-21(17)11-16-12-22-13-19-16/h5-6,9,12-13,15H,3-4,7-8,10-11H2,1-2H3. The van der Waals surface area contributed by atoms with E-state index in [0.717, 1.165) is 25.3 Å². The van der Waals surface area contributed by atoms with Crippen LogP contribution >= 0.6 is 11.3 Å². The van der Waals surface area contributed by atoms with Crippen molar-refractivity contribution in [2.24, 2.45) is 0 Å². The van der Waals surface area contributed by atoms with Gasteiger partial charge in [-0.25, -0.2) is 9.97 Å². The van der Waals surface area contributed by atoms with Crippen molar-refractivity contribution in [3.63, 3.8) is 0 Å². The van der Waals surface area contributed by atoms with Gasteiger partial charge in [-0.3, -0.25) is 4.90 Å². The van der Waals surface area contributed by atoms with Crippen molar-refractivity contribution in [1.29, 1.82) is 0 Å². The molecule has 0 amide bonds. The molecule has 2 aromatic heterocycles. The molecule has 0 N–H and O–H groups in total. The van der Waals surface area contributed by atoms with Crippen molar-refractivity contribution >= 4 is 11.3 Å². The number of nitrogens with zero attached hydrogens (tertiary/aromatic N) is 4. The van der Waals surface area contributed by atoms with Crippen LogP contribution in [0.5, 0.6) is 0 Å². The zero-order valence-corrected chi connectivity index (χ0v) is 14.2. The van der Waals surface area contributed by atoms with E-state index in [0.29, 0.717) is 5.92 Å². The maximum absolute atomic E-state index is 4.65. The third-order valence-electron chi connectivity index (χ3n) is 4.19. The van der Waals surface area contributed by atoms with Crippen molar-refractivity contribution < 1.29 is 0 Å². The van der Waals surface area contributed by atoms with Gasteiger partial charge in [-0.2, -0.15) is 0 Å². The molecule has 0 aromatic carbocycles. The second-order valence-corrected chi connectivity index (χ2v) is 6.99. The number of aromatic nitrogens is 3. The Morgan fingerprint density at radius 1 is 1.41 bits per heavy atom. The second kappa shape index (κ2) is 7.20. The minimum atomic E-state index is 0.535. The minimum absolute atomic E-state index is 0.535. The number of likely N-dealkylation sites (tertiary alicyclic amines) is 1. The Morgan fingerprint density at radius 2 is 2.32 bits per heavy atom. The smallest absolute Gasteiger partial charge is 0.113 e. The highest BCUT2D eigenvalue weighted by Crippen LogP contribution is 2.26. The molecule has 3 heterocycles. The Balaban J connectivity index is 1.68. The SMILES string of the molecule is CC(C)=CCN1CCCC(c2nccn2Cc2cscn2)C1. The number of piperidine rings is 1. The minimum Gasteiger partial charge on any atom is -0.329 e. The summed E-state index contributed by atoms with van der Waals surface area (Å²) in [6.07, 6.45) is 8.83. The van der Waals surface area contributed by atoms with Crippen LogP contribution in [0.4, 0.5) is 0 Å². The van der Waals surface area contributed by atoms with Gasteiger partial charge in [0.05, 0.1) is 17.7 Å². The lowest BCUT2D eigenvalue weighted by Crippen LogP contribution is -2.35. The fraction of sp³-hybridized carbons (Fsp3) is 0.529. The summed E-state index contributed by atoms with van der Waals surface area (Å²) in [5.74, 6) is 1.75. The van der Waals surface area contributed by atoms with Crippen LogP contribution in [-0.4, -0.2) is 39.1 Å². The predicted octanol–water partition coefficient (Wildman–Crippen LogP) is 3.53. The first-order chi connectivity index (χ1) is 10.7. The van der Waals surface area contributed by atoms with Crippen LogP contribution in [0.3, 0.4) is 0 Å². The van der Waals surface area contributed by atoms with Crippen LogP contribution in [0.25, 0.3) is 0 Å². The first-order valence-corrected chi connectivity index (χ1v) is 8.90. The van der Waals surface area contributed by atoms with Crippen molar-refractivity contribution in [1.82, 2.24) is 19.4 Å². The molecule has 2 aromatic rings. The Bertz CT molecular complexity index is 610. The highest BCUT2D eigenvalue weighted by Gasteiger charge is 2.24. The van der Waals surface area contributed by atoms with E-state index >= 15 is 0 Å². The summed E-state index contributed by atoms with van der Waals surface area (Å²) < 4.78 is 2.27. The highest BCUT2D eigenvalue weighted by atomic mass is 32.1. The average molecular weight is 316 g/mol. The Kier molecular flexibility index (Phi) is 5.05. The Labute approximate surface area is 136 Å². The van der Waals surface area contributed by atoms with Crippen LogP contribution < -0.4 is 0 Å². The van der Waals surface area contributed by atoms with Crippen molar-refractivity contribution in [2.75, 3.05) is 19.6 Å². The van der Waals surface area contributed by atoms with Gasteiger partial charge in [-0.1, -0.05) is 11.6 Å². The fourth-order valence-corrected chi connectivity index (χ4v) is 3.60. The second-order valence-electron chi connectivity index (χ2n) is 6.27. The molecule has 1 aliphatic heterocycles. The van der Waals surface area contributed by atoms with Crippen LogP contribution in [0.15, 0.2) is 34.9 Å². The molecule has 3 rings (SSSR count). The lowest BCUT2D eigenvalue weighted by molar-refractivity contribution is 0.221. The molecule has 0 saturated carbocycles. The lowest BCUT2D eigenvalue weighted by atomic mass is 9.97. The van der Waals surface area contributed by atoms with Gasteiger partial charge in [0.25, 0.3) is 0 Å². The molecule has 0 radical (unpaired) electrons. The lowest BCUT2D eigenvalue weighted by Gasteiger charge is -2.32. The number of hydrogen-bond acceptors (Lipinski definition) is 4. The first-order valence-electron chi connectivity index (χ1n) is 7.96. The molecule has 5 heteroatoms. The van der Waals surface area contributed by atoms with Crippen molar-refractivity contribution in [2.45, 2.75) is 39.2 Å². The number of rotatable bonds is 5. The molecule has 0 bridgehead atoms. The third-order valence-corrected chi connectivity index (χ3v) is 4.83. The molecule has 1 saturated heterocycles. The average Bonchev–Trinajstić information content (AvgIpc) is 3.18. The highest BCUT2D eigenvalue weighted by molar-refractivity contribution is 7.07. The quantitative estimate of drug-likeness (QED) is 0.791. The van der Waals surface area contributed by atoms with Gasteiger partial charge in [-0.05, 0) is 33.2 Å². The van der Waals surface area contributed by atoms with Gasteiger partial charge in [0.1, 0.15) is 5.82 Å². The largest absolute Gasteiger partial charge is 0.329 e. The van der Waals surface area contributed by atoms with Gasteiger partial charge in [0.2, 0.25) is 0 Å². The van der Waals surface area contributed by atoms with E-state index in [1.807, 2.05) is 11.7 Å². The summed E-state index contributed by atoms with van der Waals surface area (Å²) in [6, 6.07) is 0. The molecule has 4 nitrogen and oxygen atoms in total. The normalized spacial score (nSPS) is 19.3. The van der Waals surface area contributed by atoms with Gasteiger partial charge < -0.3 is 4.57 Å². The van der Waals surface area contributed by atoms with E-state index in [2.05, 4.69) is 50.9 Å². The fourth-order valence-electron chi connectivity index (χ4n) is 3.05. The van der Waals surface area contributed by atoms with E-state index in [4.69, 9.17) is 0 Å². The molecule has 1 atom stereocenters. The molecule has 1 fully saturated rings. The van der Waals surface area contributed by atoms with Gasteiger partial charge >= 0.3 is 0 Å². The Morgan fingerprint density at radius 3 is 3.09 bits per heavy atom. The van der Waals surface area contributed by atoms with E-state index in [9.17, 15) is 0 Å². The Hall–Kier alpha value is -1.46. The summed E-state index contributed by atoms with van der Waals surface area (Å²) >= 11 is 1.65. The van der Waals surface area contributed by atoms with Crippen LogP contribution in [0, 0.1) is 0 Å². The van der Waals surface area contributed by atoms with E-state index < -0.39 is 0 Å². The summed E-state index contributed by atoms with van der Waals surface area (Å²) in [6.45, 7) is 8.55. The summed E-state index contributed by atoms with van der Waals surface area (Å²) in [7, 11) is 0. The van der Waals surface area contributed by atoms with Crippen LogP contribution in [-0.2, 0) is 6.54 Å². The zero-order valence-electron chi connectivity index (χ0n) is 13.4. The first kappa shape index (κ1) is 15.4. The van der Waals surface area contributed by atoms with Crippen LogP contribution in [0.2, 0.25) is 0 Å². The number of hydrogen-bond donors (Lipinski definition) is 0. The molecular weight excluding hydrogens is 292 g/mol. The summed E-state index contributed by atoms with van der Waals surface area (Å²) in [5, 5.41) is 2.12. The number of thiazole rings is 1. The van der Waals surface area contributed by atoms with E-state index in [1.165, 1.54) is 30.8 Å². The molecule has 22 heavy (non-hydrogen) atoms. The molecular formula is C17H24N4S. The third kappa shape index (κ3) is 3.84. The predicted molar refractivity (Wildman–Crippen MR) is 91.3 cm³/mol. The zero-order chi connectivity index (χ0) is 15.4. The monoisotopic (exact) mass is 316 g/mol. The molecule has 118 valence electrons. The topological polar surface area (TPSA) is 34.0 Å². The number of imidazole rings is 1. The van der Waals surface area contributed by atoms with E-state index in [1.54, 1.807) is 11.3 Å². The molecule has 1 aliphatic rings. The molecule has 0 aliphatic carbocycles. The van der Waals surface area contributed by atoms with Crippen LogP contribution in [0.1, 0.15) is 44.1 Å². The maximum atomic E-state index is 4.65. The van der Waals surface area contributed by atoms with E-state index in [-0.39, 0.29) is 0 Å². The number of allylic oxidation sites excluding steroid dienone is 1. The molecule has 1 unspecified atom stereocenters. The van der Waals surface area contributed by atoms with Crippen molar-refractivity contribution in [3.8, 4) is 0 Å². The summed E-state index contributed by atoms with van der Waals surface area (Å²) in [4.78, 5) is 11.6. The summed E-state index contributed by atoms with van der Waals surface area (Å²) in [5.41, 5.74) is 4.42.